The van der Waals surface area contributed by atoms with Crippen LogP contribution in [0.5, 0.6) is 0 Å². The van der Waals surface area contributed by atoms with Crippen LogP contribution in [0, 0.1) is 18.7 Å². The minimum Gasteiger partial charge on any atom is -0.378 e. The average molecular weight is 665 g/mol. The highest BCUT2D eigenvalue weighted by Crippen LogP contribution is 2.35. The summed E-state index contributed by atoms with van der Waals surface area (Å²) in [5.41, 5.74) is 4.41. The first kappa shape index (κ1) is 33.7. The molecule has 2 aromatic carbocycles. The first-order valence-electron chi connectivity index (χ1n) is 14.3. The first-order valence-corrected chi connectivity index (χ1v) is 17.8. The van der Waals surface area contributed by atoms with Gasteiger partial charge in [0.05, 0.1) is 5.69 Å². The molecule has 0 radical (unpaired) electrons. The van der Waals surface area contributed by atoms with Crippen molar-refractivity contribution in [2.45, 2.75) is 72.3 Å². The molecular weight excluding hydrogens is 618 g/mol. The molecule has 1 aliphatic heterocycles. The minimum atomic E-state index is -1.04. The Kier molecular flexibility index (Phi) is 15.6. The van der Waals surface area contributed by atoms with Gasteiger partial charge in [-0.2, -0.15) is 0 Å². The number of pyridine rings is 1. The van der Waals surface area contributed by atoms with Crippen molar-refractivity contribution in [3.63, 3.8) is 0 Å². The molecule has 214 valence electrons. The Balaban J connectivity index is 0.000000265. The van der Waals surface area contributed by atoms with E-state index in [9.17, 15) is 9.50 Å². The number of nitrogens with zero attached hydrogens (tertiary/aromatic N) is 2. The number of hydrogen-bond donors (Lipinski definition) is 1. The Morgan fingerprint density at radius 1 is 1.05 bits per heavy atom. The third-order valence-corrected chi connectivity index (χ3v) is 8.66. The smallest absolute Gasteiger partial charge is 0.141 e. The molecule has 0 spiro atoms. The zero-order valence-corrected chi connectivity index (χ0v) is 27.3. The summed E-state index contributed by atoms with van der Waals surface area (Å²) < 4.78 is 12.7. The second-order valence-corrected chi connectivity index (χ2v) is 12.5. The molecule has 39 heavy (non-hydrogen) atoms. The van der Waals surface area contributed by atoms with Gasteiger partial charge in [-0.3, -0.25) is 4.98 Å². The molecule has 6 heteroatoms. The van der Waals surface area contributed by atoms with Gasteiger partial charge in [0.15, 0.2) is 0 Å². The summed E-state index contributed by atoms with van der Waals surface area (Å²) in [6, 6.07) is 18.8. The van der Waals surface area contributed by atoms with Crippen LogP contribution in [0.3, 0.4) is 0 Å². The number of rotatable bonds is 9. The van der Waals surface area contributed by atoms with E-state index >= 15 is 0 Å². The molecule has 0 bridgehead atoms. The Bertz CT molecular complexity index is 1070. The minimum absolute atomic E-state index is 0.143. The van der Waals surface area contributed by atoms with Crippen molar-refractivity contribution in [3.8, 4) is 0 Å². The van der Waals surface area contributed by atoms with Crippen molar-refractivity contribution in [1.29, 1.82) is 0 Å². The van der Waals surface area contributed by atoms with E-state index < -0.39 is 5.60 Å². The fourth-order valence-electron chi connectivity index (χ4n) is 4.72. The van der Waals surface area contributed by atoms with E-state index in [-0.39, 0.29) is 5.82 Å². The van der Waals surface area contributed by atoms with Gasteiger partial charge in [-0.15, -0.1) is 0 Å². The van der Waals surface area contributed by atoms with Gasteiger partial charge in [0.2, 0.25) is 0 Å². The molecular formula is C33H46FIN2OS. The van der Waals surface area contributed by atoms with Gasteiger partial charge in [-0.25, -0.2) is 4.39 Å². The average Bonchev–Trinajstić information content (AvgIpc) is 2.97. The Labute approximate surface area is 252 Å². The van der Waals surface area contributed by atoms with Gasteiger partial charge in [-0.1, -0.05) is 79.4 Å². The number of likely N-dealkylation sites (tertiary alicyclic amines) is 1. The van der Waals surface area contributed by atoms with Gasteiger partial charge >= 0.3 is 0 Å². The molecule has 2 heterocycles. The maximum absolute atomic E-state index is 12.7. The zero-order valence-electron chi connectivity index (χ0n) is 24.3. The van der Waals surface area contributed by atoms with Crippen molar-refractivity contribution in [2.75, 3.05) is 25.4 Å². The van der Waals surface area contributed by atoms with Gasteiger partial charge in [-0.05, 0) is 119 Å². The normalized spacial score (nSPS) is 15.4. The zero-order chi connectivity index (χ0) is 28.7. The number of piperidine rings is 1. The van der Waals surface area contributed by atoms with Crippen molar-refractivity contribution in [2.24, 2.45) is 5.92 Å². The monoisotopic (exact) mass is 664 g/mol. The van der Waals surface area contributed by atoms with Crippen LogP contribution in [0.25, 0.3) is 0 Å². The summed E-state index contributed by atoms with van der Waals surface area (Å²) >= 11 is 2.22. The molecule has 0 aliphatic carbocycles. The second kappa shape index (κ2) is 18.1. The maximum Gasteiger partial charge on any atom is 0.141 e. The number of aromatic nitrogens is 1. The van der Waals surface area contributed by atoms with Crippen LogP contribution in [-0.4, -0.2) is 40.4 Å². The predicted molar refractivity (Wildman–Crippen MR) is 175 cm³/mol. The lowest BCUT2D eigenvalue weighted by Crippen LogP contribution is -2.34. The van der Waals surface area contributed by atoms with Crippen molar-refractivity contribution in [3.05, 3.63) is 101 Å². The standard InChI is InChI=1S/C17H20INOS.C14H20FN.C2H6/c1-3-6-14-8-9-15(11-13(14)2)17(20,12-21-18)16-7-4-5-10-19-16;1-12-6-9-16(10-7-12)11-8-13-2-4-14(15)5-3-13;1-2/h4-5,7-11,20H,3,6,12H2,1-2H3;2-5,12H,6-11H2,1H3;1-2H3. The second-order valence-electron chi connectivity index (χ2n) is 10.1. The topological polar surface area (TPSA) is 36.4 Å². The molecule has 1 aliphatic rings. The Morgan fingerprint density at radius 3 is 2.31 bits per heavy atom. The van der Waals surface area contributed by atoms with Crippen LogP contribution in [0.15, 0.2) is 66.9 Å². The quantitative estimate of drug-likeness (QED) is 0.232. The van der Waals surface area contributed by atoms with E-state index in [4.69, 9.17) is 0 Å². The van der Waals surface area contributed by atoms with Crippen LogP contribution < -0.4 is 0 Å². The number of aryl methyl sites for hydroxylation is 2. The molecule has 1 N–H and O–H groups in total. The molecule has 0 saturated carbocycles. The Morgan fingerprint density at radius 2 is 1.74 bits per heavy atom. The molecule has 0 amide bonds. The molecule has 1 saturated heterocycles. The lowest BCUT2D eigenvalue weighted by Gasteiger charge is -2.30. The third kappa shape index (κ3) is 10.8. The number of benzene rings is 2. The summed E-state index contributed by atoms with van der Waals surface area (Å²) in [6.07, 6.45) is 7.63. The molecule has 3 nitrogen and oxygen atoms in total. The van der Waals surface area contributed by atoms with E-state index in [1.165, 1.54) is 42.6 Å². The fourth-order valence-corrected chi connectivity index (χ4v) is 6.54. The summed E-state index contributed by atoms with van der Waals surface area (Å²) in [4.78, 5) is 6.88. The SMILES string of the molecule is CC.CC1CCN(CCc2ccc(F)cc2)CC1.CCCc1ccc(C(O)(CSI)c2ccccn2)cc1C. The summed E-state index contributed by atoms with van der Waals surface area (Å²) in [6.45, 7) is 14.2. The summed E-state index contributed by atoms with van der Waals surface area (Å²) in [7, 11) is 1.60. The molecule has 1 fully saturated rings. The summed E-state index contributed by atoms with van der Waals surface area (Å²) in [5.74, 6) is 1.33. The van der Waals surface area contributed by atoms with Crippen molar-refractivity contribution < 1.29 is 9.50 Å². The maximum atomic E-state index is 12.7. The molecule has 4 rings (SSSR count). The molecule has 1 atom stereocenters. The van der Waals surface area contributed by atoms with Crippen LogP contribution in [0.1, 0.15) is 74.9 Å². The number of halogens is 2. The van der Waals surface area contributed by atoms with Gasteiger partial charge in [0.25, 0.3) is 0 Å². The van der Waals surface area contributed by atoms with E-state index in [0.29, 0.717) is 11.4 Å². The van der Waals surface area contributed by atoms with Crippen LogP contribution in [0.2, 0.25) is 0 Å². The van der Waals surface area contributed by atoms with Crippen LogP contribution in [-0.2, 0) is 18.4 Å². The van der Waals surface area contributed by atoms with Crippen molar-refractivity contribution >= 4 is 30.1 Å². The fraction of sp³-hybridized carbons (Fsp3) is 0.485. The highest BCUT2D eigenvalue weighted by atomic mass is 127. The molecule has 3 aromatic rings. The van der Waals surface area contributed by atoms with E-state index in [0.717, 1.165) is 37.3 Å². The van der Waals surface area contributed by atoms with E-state index in [2.05, 4.69) is 64.0 Å². The highest BCUT2D eigenvalue weighted by molar-refractivity contribution is 14.2. The van der Waals surface area contributed by atoms with E-state index in [1.54, 1.807) is 27.3 Å². The number of hydrogen-bond acceptors (Lipinski definition) is 4. The van der Waals surface area contributed by atoms with Gasteiger partial charge in [0, 0.05) is 18.5 Å². The largest absolute Gasteiger partial charge is 0.378 e. The van der Waals surface area contributed by atoms with Gasteiger partial charge < -0.3 is 10.0 Å². The predicted octanol–water partition coefficient (Wildman–Crippen LogP) is 8.79. The van der Waals surface area contributed by atoms with Gasteiger partial charge in [0.1, 0.15) is 11.4 Å². The lowest BCUT2D eigenvalue weighted by atomic mass is 9.89. The molecule has 1 aromatic heterocycles. The number of aliphatic hydroxyl groups is 1. The van der Waals surface area contributed by atoms with Crippen LogP contribution >= 0.6 is 30.1 Å². The summed E-state index contributed by atoms with van der Waals surface area (Å²) in [5, 5.41) is 11.2. The highest BCUT2D eigenvalue weighted by Gasteiger charge is 2.33. The lowest BCUT2D eigenvalue weighted by molar-refractivity contribution is 0.103. The van der Waals surface area contributed by atoms with E-state index in [1.807, 2.05) is 50.2 Å². The van der Waals surface area contributed by atoms with Crippen LogP contribution in [0.4, 0.5) is 4.39 Å². The molecule has 1 unspecified atom stereocenters. The van der Waals surface area contributed by atoms with Crippen molar-refractivity contribution in [1.82, 2.24) is 9.88 Å². The Hall–Kier alpha value is -1.48. The first-order chi connectivity index (χ1) is 18.9. The third-order valence-electron chi connectivity index (χ3n) is 7.20.